The summed E-state index contributed by atoms with van der Waals surface area (Å²) in [5.74, 6) is -0.0289. The van der Waals surface area contributed by atoms with Gasteiger partial charge in [0.2, 0.25) is 0 Å². The van der Waals surface area contributed by atoms with Crippen LogP contribution < -0.4 is 20.1 Å². The molecular weight excluding hydrogens is 475 g/mol. The Morgan fingerprint density at radius 3 is 2.97 bits per heavy atom. The number of nitrogens with one attached hydrogen (secondary N) is 3. The molecule has 0 saturated heterocycles. The lowest BCUT2D eigenvalue weighted by Gasteiger charge is -2.24. The van der Waals surface area contributed by atoms with Crippen molar-refractivity contribution in [1.29, 1.82) is 0 Å². The van der Waals surface area contributed by atoms with E-state index in [4.69, 9.17) is 14.2 Å². The fraction of sp³-hybridized carbons (Fsp3) is 0.357. The zero-order valence-electron chi connectivity index (χ0n) is 21.0. The lowest BCUT2D eigenvalue weighted by molar-refractivity contribution is 0.0928. The van der Waals surface area contributed by atoms with E-state index in [-0.39, 0.29) is 17.6 Å². The van der Waals surface area contributed by atoms with Gasteiger partial charge >= 0.3 is 0 Å². The van der Waals surface area contributed by atoms with Crippen molar-refractivity contribution in [3.05, 3.63) is 65.4 Å². The van der Waals surface area contributed by atoms with E-state index >= 15 is 0 Å². The van der Waals surface area contributed by atoms with Crippen LogP contribution in [0.15, 0.2) is 48.3 Å². The number of pyridine rings is 1. The highest BCUT2D eigenvalue weighted by Gasteiger charge is 2.33. The maximum Gasteiger partial charge on any atom is 0.255 e. The van der Waals surface area contributed by atoms with Crippen LogP contribution in [0.2, 0.25) is 0 Å². The SMILES string of the molecule is COc1c(F)cccc1Nc1c2[nH]c3c1C(=O)NCC3CCOCC/C(C)=C\CCOc1cnccc1-2. The minimum absolute atomic E-state index is 0.0205. The number of amides is 1. The van der Waals surface area contributed by atoms with E-state index in [0.717, 1.165) is 30.5 Å². The Balaban J connectivity index is 1.65. The lowest BCUT2D eigenvalue weighted by atomic mass is 9.93. The summed E-state index contributed by atoms with van der Waals surface area (Å²) in [5.41, 5.74) is 4.91. The molecule has 2 bridgehead atoms. The predicted molar refractivity (Wildman–Crippen MR) is 139 cm³/mol. The van der Waals surface area contributed by atoms with Gasteiger partial charge in [-0.2, -0.15) is 0 Å². The molecule has 0 saturated carbocycles. The number of H-pyrrole nitrogens is 1. The summed E-state index contributed by atoms with van der Waals surface area (Å²) < 4.78 is 31.9. The van der Waals surface area contributed by atoms with Gasteiger partial charge in [0, 0.05) is 36.5 Å². The van der Waals surface area contributed by atoms with Crippen LogP contribution in [0.3, 0.4) is 0 Å². The number of nitrogens with zero attached hydrogens (tertiary/aromatic N) is 1. The molecule has 2 aliphatic heterocycles. The highest BCUT2D eigenvalue weighted by molar-refractivity contribution is 6.07. The van der Waals surface area contributed by atoms with Crippen molar-refractivity contribution in [3.63, 3.8) is 0 Å². The molecule has 37 heavy (non-hydrogen) atoms. The molecule has 2 aromatic heterocycles. The largest absolute Gasteiger partial charge is 0.492 e. The smallest absolute Gasteiger partial charge is 0.255 e. The highest BCUT2D eigenvalue weighted by atomic mass is 19.1. The van der Waals surface area contributed by atoms with Crippen molar-refractivity contribution < 1.29 is 23.4 Å². The summed E-state index contributed by atoms with van der Waals surface area (Å²) in [7, 11) is 1.41. The van der Waals surface area contributed by atoms with Crippen LogP contribution in [-0.4, -0.2) is 49.4 Å². The summed E-state index contributed by atoms with van der Waals surface area (Å²) in [6, 6.07) is 6.49. The van der Waals surface area contributed by atoms with E-state index in [1.54, 1.807) is 24.5 Å². The molecule has 8 nitrogen and oxygen atoms in total. The second-order valence-corrected chi connectivity index (χ2v) is 9.23. The van der Waals surface area contributed by atoms with Gasteiger partial charge in [-0.15, -0.1) is 0 Å². The first-order valence-corrected chi connectivity index (χ1v) is 12.5. The van der Waals surface area contributed by atoms with Gasteiger partial charge in [0.1, 0.15) is 5.75 Å². The van der Waals surface area contributed by atoms with Crippen LogP contribution in [0.1, 0.15) is 48.2 Å². The standard InChI is InChI=1S/C28H31FN4O4/c1-17-5-4-12-37-22-16-30-11-8-19(22)25-26(32-21-7-3-6-20(29)27(21)35-2)23-24(33-25)18(15-31-28(23)34)10-14-36-13-9-17/h3,5-8,11,16,18,32-33H,4,9-10,12-15H2,1-2H3,(H,31,34)/b17-5-. The number of aromatic nitrogens is 2. The first-order chi connectivity index (χ1) is 18.1. The van der Waals surface area contributed by atoms with Crippen molar-refractivity contribution in [2.45, 2.75) is 32.1 Å². The summed E-state index contributed by atoms with van der Waals surface area (Å²) in [4.78, 5) is 21.0. The number of carbonyl (C=O) groups excluding carboxylic acids is 1. The molecule has 1 amide bonds. The van der Waals surface area contributed by atoms with Gasteiger partial charge in [-0.05, 0) is 44.4 Å². The number of anilines is 2. The number of halogens is 1. The molecule has 0 fully saturated rings. The molecule has 1 unspecified atom stereocenters. The number of ether oxygens (including phenoxy) is 3. The Morgan fingerprint density at radius 2 is 2.11 bits per heavy atom. The predicted octanol–water partition coefficient (Wildman–Crippen LogP) is 5.32. The van der Waals surface area contributed by atoms with E-state index in [9.17, 15) is 9.18 Å². The third-order valence-electron chi connectivity index (χ3n) is 6.78. The number of carbonyl (C=O) groups is 1. The molecule has 2 aliphatic rings. The minimum Gasteiger partial charge on any atom is -0.492 e. The molecule has 5 rings (SSSR count). The number of aromatic amines is 1. The van der Waals surface area contributed by atoms with Crippen LogP contribution in [-0.2, 0) is 4.74 Å². The van der Waals surface area contributed by atoms with Crippen molar-refractivity contribution in [1.82, 2.24) is 15.3 Å². The summed E-state index contributed by atoms with van der Waals surface area (Å²) in [5, 5.41) is 6.31. The van der Waals surface area contributed by atoms with Crippen LogP contribution in [0.25, 0.3) is 11.3 Å². The third kappa shape index (κ3) is 5.17. The van der Waals surface area contributed by atoms with Gasteiger partial charge in [-0.25, -0.2) is 4.39 Å². The zero-order valence-corrected chi connectivity index (χ0v) is 21.0. The maximum absolute atomic E-state index is 14.5. The molecule has 3 aromatic rings. The van der Waals surface area contributed by atoms with Gasteiger partial charge < -0.3 is 29.8 Å². The van der Waals surface area contributed by atoms with Crippen LogP contribution in [0, 0.1) is 5.82 Å². The number of methoxy groups -OCH3 is 1. The Labute approximate surface area is 215 Å². The molecule has 3 N–H and O–H groups in total. The average molecular weight is 507 g/mol. The number of fused-ring (bicyclic) bond motifs is 3. The van der Waals surface area contributed by atoms with Gasteiger partial charge in [0.25, 0.3) is 5.91 Å². The van der Waals surface area contributed by atoms with Gasteiger partial charge in [0.05, 0.1) is 49.2 Å². The Hall–Kier alpha value is -3.85. The van der Waals surface area contributed by atoms with E-state index < -0.39 is 5.82 Å². The third-order valence-corrected chi connectivity index (χ3v) is 6.78. The summed E-state index contributed by atoms with van der Waals surface area (Å²) >= 11 is 0. The topological polar surface area (TPSA) is 97.5 Å². The molecule has 0 aliphatic carbocycles. The first-order valence-electron chi connectivity index (χ1n) is 12.5. The Bertz CT molecular complexity index is 1320. The van der Waals surface area contributed by atoms with Gasteiger partial charge in [-0.1, -0.05) is 17.7 Å². The van der Waals surface area contributed by atoms with E-state index in [2.05, 4.69) is 33.6 Å². The molecule has 0 spiro atoms. The van der Waals surface area contributed by atoms with Crippen molar-refractivity contribution in [2.75, 3.05) is 38.8 Å². The molecule has 194 valence electrons. The molecule has 4 heterocycles. The maximum atomic E-state index is 14.5. The summed E-state index contributed by atoms with van der Waals surface area (Å²) in [6.45, 7) is 4.29. The van der Waals surface area contributed by atoms with Crippen LogP contribution in [0.5, 0.6) is 11.5 Å². The lowest BCUT2D eigenvalue weighted by Crippen LogP contribution is -2.35. The second kappa shape index (κ2) is 11.0. The molecular formula is C28H31FN4O4. The monoisotopic (exact) mass is 506 g/mol. The Kier molecular flexibility index (Phi) is 7.41. The molecule has 9 heteroatoms. The zero-order chi connectivity index (χ0) is 25.8. The second-order valence-electron chi connectivity index (χ2n) is 9.23. The summed E-state index contributed by atoms with van der Waals surface area (Å²) in [6.07, 6.45) is 7.87. The van der Waals surface area contributed by atoms with Crippen molar-refractivity contribution in [2.24, 2.45) is 0 Å². The van der Waals surface area contributed by atoms with Crippen molar-refractivity contribution in [3.8, 4) is 22.8 Å². The van der Waals surface area contributed by atoms with E-state index in [0.29, 0.717) is 54.7 Å². The van der Waals surface area contributed by atoms with Gasteiger partial charge in [0.15, 0.2) is 11.6 Å². The number of hydrogen-bond donors (Lipinski definition) is 3. The first kappa shape index (κ1) is 24.8. The highest BCUT2D eigenvalue weighted by Crippen LogP contribution is 2.44. The normalized spacial score (nSPS) is 19.6. The fourth-order valence-electron chi connectivity index (χ4n) is 4.83. The minimum atomic E-state index is -0.500. The fourth-order valence-corrected chi connectivity index (χ4v) is 4.83. The quantitative estimate of drug-likeness (QED) is 0.416. The number of benzene rings is 1. The average Bonchev–Trinajstić information content (AvgIpc) is 3.27. The number of para-hydroxylation sites is 1. The molecule has 1 atom stereocenters. The number of hydrogen-bond acceptors (Lipinski definition) is 6. The van der Waals surface area contributed by atoms with E-state index in [1.807, 2.05) is 6.07 Å². The molecule has 0 radical (unpaired) electrons. The van der Waals surface area contributed by atoms with E-state index in [1.165, 1.54) is 18.7 Å². The Morgan fingerprint density at radius 1 is 1.22 bits per heavy atom. The van der Waals surface area contributed by atoms with Gasteiger partial charge in [-0.3, -0.25) is 9.78 Å². The van der Waals surface area contributed by atoms with Crippen LogP contribution >= 0.6 is 0 Å². The number of rotatable bonds is 3. The van der Waals surface area contributed by atoms with Crippen LogP contribution in [0.4, 0.5) is 15.8 Å². The van der Waals surface area contributed by atoms with Crippen molar-refractivity contribution >= 4 is 17.3 Å². The molecule has 1 aromatic carbocycles.